The lowest BCUT2D eigenvalue weighted by atomic mass is 10.2. The molecular weight excluding hydrogens is 255 g/mol. The Balaban J connectivity index is 0.00000144. The molecule has 0 amide bonds. The fourth-order valence-corrected chi connectivity index (χ4v) is 1.36. The molecule has 0 atom stereocenters. The molecule has 0 spiro atoms. The van der Waals surface area contributed by atoms with Gasteiger partial charge in [0.1, 0.15) is 5.56 Å². The van der Waals surface area contributed by atoms with E-state index in [9.17, 15) is 18.0 Å². The van der Waals surface area contributed by atoms with Crippen molar-refractivity contribution in [1.29, 1.82) is 0 Å². The highest BCUT2D eigenvalue weighted by atomic mass is 35.5. The second kappa shape index (κ2) is 4.71. The van der Waals surface area contributed by atoms with Gasteiger partial charge in [-0.3, -0.25) is 4.79 Å². The molecule has 0 aliphatic carbocycles. The molecule has 90 valence electrons. The molecule has 0 radical (unpaired) electrons. The molecule has 0 aliphatic heterocycles. The topological polar surface area (TPSA) is 30.0 Å². The minimum absolute atomic E-state index is 0. The maximum absolute atomic E-state index is 12.4. The first-order chi connectivity index (χ1) is 7.48. The number of nitrogens with zero attached hydrogens (tertiary/aromatic N) is 1. The van der Waals surface area contributed by atoms with Gasteiger partial charge >= 0.3 is 6.18 Å². The van der Waals surface area contributed by atoms with Gasteiger partial charge in [0, 0.05) is 5.39 Å². The van der Waals surface area contributed by atoms with Crippen LogP contribution in [0.2, 0.25) is 0 Å². The zero-order valence-electron chi connectivity index (χ0n) is 8.36. The highest BCUT2D eigenvalue weighted by Gasteiger charge is 2.33. The number of fused-ring (bicyclic) bond motifs is 1. The first-order valence-corrected chi connectivity index (χ1v) is 4.46. The van der Waals surface area contributed by atoms with Gasteiger partial charge in [0.25, 0.3) is 5.56 Å². The van der Waals surface area contributed by atoms with Gasteiger partial charge < -0.3 is 0 Å². The third-order valence-electron chi connectivity index (χ3n) is 2.12. The van der Waals surface area contributed by atoms with E-state index in [0.717, 1.165) is 6.07 Å². The molecule has 2 aromatic rings. The predicted molar refractivity (Wildman–Crippen MR) is 60.3 cm³/mol. The summed E-state index contributed by atoms with van der Waals surface area (Å²) < 4.78 is 37.3. The molecule has 0 bridgehead atoms. The molecule has 0 unspecified atom stereocenters. The van der Waals surface area contributed by atoms with Crippen LogP contribution in [0.3, 0.4) is 0 Å². The van der Waals surface area contributed by atoms with Crippen LogP contribution in [0.25, 0.3) is 10.9 Å². The van der Waals surface area contributed by atoms with Crippen molar-refractivity contribution in [2.24, 2.45) is 0 Å². The van der Waals surface area contributed by atoms with Crippen molar-refractivity contribution in [3.8, 4) is 0 Å². The normalized spacial score (nSPS) is 11.0. The number of halogens is 4. The van der Waals surface area contributed by atoms with Crippen LogP contribution in [0.4, 0.5) is 13.2 Å². The monoisotopic (exact) mass is 261 g/mol. The van der Waals surface area contributed by atoms with Gasteiger partial charge in [0.15, 0.2) is 0 Å². The number of hydrogen-bond acceptors (Lipinski definition) is 2. The molecule has 0 N–H and O–H groups in total. The van der Waals surface area contributed by atoms with E-state index in [1.54, 1.807) is 18.2 Å². The highest BCUT2D eigenvalue weighted by molar-refractivity contribution is 5.85. The lowest BCUT2D eigenvalue weighted by Crippen LogP contribution is -2.18. The summed E-state index contributed by atoms with van der Waals surface area (Å²) in [6, 6.07) is 8.38. The van der Waals surface area contributed by atoms with E-state index in [-0.39, 0.29) is 17.9 Å². The highest BCUT2D eigenvalue weighted by Crippen LogP contribution is 2.26. The van der Waals surface area contributed by atoms with Crippen LogP contribution in [-0.2, 0) is 6.18 Å². The minimum atomic E-state index is -4.67. The molecule has 2 rings (SSSR count). The van der Waals surface area contributed by atoms with Gasteiger partial charge in [-0.25, -0.2) is 4.98 Å². The molecule has 0 fully saturated rings. The maximum atomic E-state index is 12.4. The molecule has 1 aromatic heterocycles. The van der Waals surface area contributed by atoms with E-state index >= 15 is 0 Å². The molecule has 1 heterocycles. The summed E-state index contributed by atoms with van der Waals surface area (Å²) in [5, 5.41) is 0.495. The molecule has 2 nitrogen and oxygen atoms in total. The van der Waals surface area contributed by atoms with Crippen molar-refractivity contribution in [3.05, 3.63) is 52.3 Å². The molecule has 0 aliphatic rings. The smallest absolute Gasteiger partial charge is 0.267 e. The number of alkyl halides is 3. The number of hydrogen-bond donors (Lipinski definition) is 0. The number of rotatable bonds is 0. The molecular formula is C11H7ClF3NO. The van der Waals surface area contributed by atoms with Gasteiger partial charge in [-0.1, -0.05) is 24.3 Å². The fourth-order valence-electron chi connectivity index (χ4n) is 1.36. The zero-order valence-corrected chi connectivity index (χ0v) is 9.18. The number of benzene rings is 1. The maximum Gasteiger partial charge on any atom is 0.421 e. The van der Waals surface area contributed by atoms with E-state index < -0.39 is 17.3 Å². The molecule has 0 saturated carbocycles. The quantitative estimate of drug-likeness (QED) is 0.730. The van der Waals surface area contributed by atoms with Gasteiger partial charge in [-0.2, -0.15) is 13.2 Å². The van der Waals surface area contributed by atoms with E-state index in [1.807, 2.05) is 0 Å². The Morgan fingerprint density at radius 3 is 2.29 bits per heavy atom. The Morgan fingerprint density at radius 1 is 1.00 bits per heavy atom. The SMILES string of the molecule is Cl.O=c1nc2ccccc2ccc1C(F)(F)F. The van der Waals surface area contributed by atoms with Crippen molar-refractivity contribution in [2.45, 2.75) is 6.18 Å². The molecule has 1 aromatic carbocycles. The first-order valence-electron chi connectivity index (χ1n) is 4.46. The predicted octanol–water partition coefficient (Wildman–Crippen LogP) is 3.04. The molecule has 0 saturated heterocycles. The largest absolute Gasteiger partial charge is 0.421 e. The van der Waals surface area contributed by atoms with E-state index in [1.165, 1.54) is 12.1 Å². The van der Waals surface area contributed by atoms with Crippen LogP contribution in [-0.4, -0.2) is 4.98 Å². The van der Waals surface area contributed by atoms with Crippen LogP contribution in [0.15, 0.2) is 41.2 Å². The average molecular weight is 262 g/mol. The molecule has 17 heavy (non-hydrogen) atoms. The third-order valence-corrected chi connectivity index (χ3v) is 2.12. The Morgan fingerprint density at radius 2 is 1.65 bits per heavy atom. The summed E-state index contributed by atoms with van der Waals surface area (Å²) in [7, 11) is 0. The average Bonchev–Trinajstić information content (AvgIpc) is 2.34. The molecule has 6 heteroatoms. The van der Waals surface area contributed by atoms with Crippen LogP contribution in [0.1, 0.15) is 5.56 Å². The summed E-state index contributed by atoms with van der Waals surface area (Å²) >= 11 is 0. The third kappa shape index (κ3) is 2.74. The standard InChI is InChI=1S/C11H6F3NO.ClH/c12-11(13,14)8-6-5-7-3-1-2-4-9(7)15-10(8)16;/h1-6H;1H. The van der Waals surface area contributed by atoms with Crippen molar-refractivity contribution in [3.63, 3.8) is 0 Å². The summed E-state index contributed by atoms with van der Waals surface area (Å²) in [4.78, 5) is 14.7. The Labute approximate surface area is 101 Å². The second-order valence-corrected chi connectivity index (χ2v) is 3.22. The van der Waals surface area contributed by atoms with Gasteiger partial charge in [-0.05, 0) is 12.1 Å². The van der Waals surface area contributed by atoms with Gasteiger partial charge in [0.05, 0.1) is 5.52 Å². The van der Waals surface area contributed by atoms with Crippen LogP contribution < -0.4 is 5.56 Å². The van der Waals surface area contributed by atoms with Gasteiger partial charge in [-0.15, -0.1) is 12.4 Å². The van der Waals surface area contributed by atoms with Crippen LogP contribution in [0.5, 0.6) is 0 Å². The van der Waals surface area contributed by atoms with Crippen molar-refractivity contribution in [2.75, 3.05) is 0 Å². The van der Waals surface area contributed by atoms with E-state index in [2.05, 4.69) is 4.98 Å². The van der Waals surface area contributed by atoms with Crippen LogP contribution >= 0.6 is 12.4 Å². The Hall–Kier alpha value is -1.62. The number of aromatic nitrogens is 1. The number of para-hydroxylation sites is 1. The Kier molecular flexibility index (Phi) is 3.72. The van der Waals surface area contributed by atoms with E-state index in [0.29, 0.717) is 5.39 Å². The summed E-state index contributed by atoms with van der Waals surface area (Å²) in [6.07, 6.45) is -4.67. The van der Waals surface area contributed by atoms with Crippen molar-refractivity contribution < 1.29 is 13.2 Å². The Bertz CT molecular complexity index is 598. The second-order valence-electron chi connectivity index (χ2n) is 3.22. The lowest BCUT2D eigenvalue weighted by molar-refractivity contribution is -0.138. The van der Waals surface area contributed by atoms with Crippen LogP contribution in [0, 0.1) is 0 Å². The van der Waals surface area contributed by atoms with E-state index in [4.69, 9.17) is 0 Å². The first kappa shape index (κ1) is 13.4. The summed E-state index contributed by atoms with van der Waals surface area (Å²) in [5.74, 6) is 0. The zero-order chi connectivity index (χ0) is 11.8. The van der Waals surface area contributed by atoms with Crippen molar-refractivity contribution >= 4 is 23.3 Å². The van der Waals surface area contributed by atoms with Gasteiger partial charge in [0.2, 0.25) is 0 Å². The van der Waals surface area contributed by atoms with Crippen molar-refractivity contribution in [1.82, 2.24) is 4.98 Å². The fraction of sp³-hybridized carbons (Fsp3) is 0.0909. The lowest BCUT2D eigenvalue weighted by Gasteiger charge is -2.00. The summed E-state index contributed by atoms with van der Waals surface area (Å²) in [6.45, 7) is 0. The summed E-state index contributed by atoms with van der Waals surface area (Å²) in [5.41, 5.74) is -2.25. The minimum Gasteiger partial charge on any atom is -0.267 e.